The Hall–Kier alpha value is -2.94. The van der Waals surface area contributed by atoms with Crippen molar-refractivity contribution in [3.8, 4) is 5.75 Å². The van der Waals surface area contributed by atoms with Gasteiger partial charge in [0.05, 0.1) is 31.0 Å². The lowest BCUT2D eigenvalue weighted by Gasteiger charge is -2.23. The fourth-order valence-electron chi connectivity index (χ4n) is 5.47. The lowest BCUT2D eigenvalue weighted by molar-refractivity contribution is -0.117. The van der Waals surface area contributed by atoms with E-state index >= 15 is 0 Å². The van der Waals surface area contributed by atoms with Gasteiger partial charge in [0, 0.05) is 5.69 Å². The molecule has 228 valence electrons. The zero-order valence-electron chi connectivity index (χ0n) is 25.1. The second-order valence-electron chi connectivity index (χ2n) is 12.5. The summed E-state index contributed by atoms with van der Waals surface area (Å²) >= 11 is 0. The number of ether oxygens (including phenoxy) is 2. The second-order valence-corrected chi connectivity index (χ2v) is 14.1. The van der Waals surface area contributed by atoms with E-state index in [1.165, 1.54) is 37.7 Å². The topological polar surface area (TPSA) is 102 Å². The molecule has 0 aliphatic heterocycles. The average Bonchev–Trinajstić information content (AvgIpc) is 2.96. The number of hydrogen-bond acceptors (Lipinski definition) is 5. The van der Waals surface area contributed by atoms with Gasteiger partial charge in [0.1, 0.15) is 5.75 Å². The molecule has 4 rings (SSSR count). The normalized spacial score (nSPS) is 18.8. The third-order valence-electron chi connectivity index (χ3n) is 8.08. The van der Waals surface area contributed by atoms with E-state index in [4.69, 9.17) is 14.0 Å². The SMILES string of the molecule is CC(C)(C)c1ccc(C(CC2=CCC(OCCS(=O)(=O)O)C=C2)C(=O)Nc2ccc(OCC3CCCCC3)cc2)cc1. The van der Waals surface area contributed by atoms with Crippen LogP contribution in [0.5, 0.6) is 5.75 Å². The van der Waals surface area contributed by atoms with Gasteiger partial charge in [0.15, 0.2) is 0 Å². The molecule has 2 aromatic rings. The first-order valence-electron chi connectivity index (χ1n) is 15.0. The van der Waals surface area contributed by atoms with E-state index in [1.807, 2.05) is 54.6 Å². The molecule has 0 aromatic heterocycles. The van der Waals surface area contributed by atoms with Crippen LogP contribution >= 0.6 is 0 Å². The molecule has 2 aliphatic carbocycles. The largest absolute Gasteiger partial charge is 0.493 e. The number of amides is 1. The van der Waals surface area contributed by atoms with Crippen molar-refractivity contribution in [1.29, 1.82) is 0 Å². The predicted octanol–water partition coefficient (Wildman–Crippen LogP) is 7.21. The van der Waals surface area contributed by atoms with E-state index < -0.39 is 21.8 Å². The van der Waals surface area contributed by atoms with Crippen LogP contribution in [0.4, 0.5) is 5.69 Å². The van der Waals surface area contributed by atoms with Crippen LogP contribution in [0.1, 0.15) is 82.8 Å². The van der Waals surface area contributed by atoms with Crippen molar-refractivity contribution in [3.63, 3.8) is 0 Å². The standard InChI is InChI=1S/C34H45NO6S/c1-34(2,3)28-13-11-27(12-14-28)32(23-25-9-17-30(18-10-25)40-21-22-42(37,38)39)33(36)35-29-15-19-31(20-16-29)41-24-26-7-5-4-6-8-26/h9-17,19-20,26,30,32H,4-8,18,21-24H2,1-3H3,(H,35,36)(H,37,38,39). The van der Waals surface area contributed by atoms with Crippen molar-refractivity contribution in [1.82, 2.24) is 0 Å². The molecule has 2 unspecified atom stereocenters. The number of rotatable bonds is 12. The first-order valence-corrected chi connectivity index (χ1v) is 16.7. The van der Waals surface area contributed by atoms with Gasteiger partial charge in [-0.1, -0.05) is 88.1 Å². The summed E-state index contributed by atoms with van der Waals surface area (Å²) in [6.07, 6.45) is 13.0. The Morgan fingerprint density at radius 3 is 2.31 bits per heavy atom. The van der Waals surface area contributed by atoms with Gasteiger partial charge >= 0.3 is 0 Å². The molecule has 0 radical (unpaired) electrons. The highest BCUT2D eigenvalue weighted by Gasteiger charge is 2.24. The number of nitrogens with one attached hydrogen (secondary N) is 1. The van der Waals surface area contributed by atoms with E-state index in [-0.39, 0.29) is 24.0 Å². The van der Waals surface area contributed by atoms with Crippen molar-refractivity contribution in [2.75, 3.05) is 24.3 Å². The summed E-state index contributed by atoms with van der Waals surface area (Å²) in [6.45, 7) is 7.17. The van der Waals surface area contributed by atoms with Gasteiger partial charge in [-0.3, -0.25) is 9.35 Å². The van der Waals surface area contributed by atoms with Gasteiger partial charge in [-0.2, -0.15) is 8.42 Å². The number of allylic oxidation sites excluding steroid dienone is 2. The van der Waals surface area contributed by atoms with Crippen molar-refractivity contribution >= 4 is 21.7 Å². The van der Waals surface area contributed by atoms with Crippen molar-refractivity contribution in [3.05, 3.63) is 83.5 Å². The van der Waals surface area contributed by atoms with Crippen LogP contribution in [0, 0.1) is 5.92 Å². The molecular formula is C34H45NO6S. The molecule has 1 fully saturated rings. The summed E-state index contributed by atoms with van der Waals surface area (Å²) in [5, 5.41) is 3.11. The van der Waals surface area contributed by atoms with Crippen LogP contribution in [-0.4, -0.2) is 43.9 Å². The molecule has 2 aliphatic rings. The summed E-state index contributed by atoms with van der Waals surface area (Å²) in [5.41, 5.74) is 3.89. The van der Waals surface area contributed by atoms with E-state index in [9.17, 15) is 13.2 Å². The second kappa shape index (κ2) is 14.5. The summed E-state index contributed by atoms with van der Waals surface area (Å²) in [4.78, 5) is 13.7. The van der Waals surface area contributed by atoms with Gasteiger partial charge in [-0.05, 0) is 72.4 Å². The first-order chi connectivity index (χ1) is 20.0. The number of hydrogen-bond donors (Lipinski definition) is 2. The molecule has 1 amide bonds. The summed E-state index contributed by atoms with van der Waals surface area (Å²) in [7, 11) is -4.06. The van der Waals surface area contributed by atoms with Crippen LogP contribution in [0.15, 0.2) is 72.3 Å². The van der Waals surface area contributed by atoms with Crippen molar-refractivity contribution < 1.29 is 27.2 Å². The molecule has 8 heteroatoms. The minimum Gasteiger partial charge on any atom is -0.493 e. The van der Waals surface area contributed by atoms with Gasteiger partial charge in [-0.25, -0.2) is 0 Å². The fourth-order valence-corrected chi connectivity index (χ4v) is 5.78. The van der Waals surface area contributed by atoms with Crippen LogP contribution in [0.25, 0.3) is 0 Å². The Balaban J connectivity index is 1.41. The molecule has 42 heavy (non-hydrogen) atoms. The zero-order chi connectivity index (χ0) is 30.2. The monoisotopic (exact) mass is 595 g/mol. The Morgan fingerprint density at radius 1 is 1.02 bits per heavy atom. The Kier molecular flexibility index (Phi) is 11.0. The Morgan fingerprint density at radius 2 is 1.71 bits per heavy atom. The highest BCUT2D eigenvalue weighted by atomic mass is 32.2. The van der Waals surface area contributed by atoms with Crippen LogP contribution < -0.4 is 10.1 Å². The summed E-state index contributed by atoms with van der Waals surface area (Å²) in [5.74, 6) is 0.516. The lowest BCUT2D eigenvalue weighted by Crippen LogP contribution is -2.23. The molecule has 0 saturated heterocycles. The molecule has 1 saturated carbocycles. The third-order valence-corrected chi connectivity index (χ3v) is 8.76. The van der Waals surface area contributed by atoms with Crippen LogP contribution in [0.3, 0.4) is 0 Å². The van der Waals surface area contributed by atoms with Gasteiger partial charge in [0.25, 0.3) is 10.1 Å². The highest BCUT2D eigenvalue weighted by Crippen LogP contribution is 2.31. The molecule has 0 spiro atoms. The predicted molar refractivity (Wildman–Crippen MR) is 168 cm³/mol. The molecule has 7 nitrogen and oxygen atoms in total. The summed E-state index contributed by atoms with van der Waals surface area (Å²) in [6, 6.07) is 15.9. The maximum Gasteiger partial charge on any atom is 0.267 e. The van der Waals surface area contributed by atoms with Gasteiger partial charge in [0.2, 0.25) is 5.91 Å². The molecule has 0 bridgehead atoms. The minimum atomic E-state index is -4.06. The molecule has 2 aromatic carbocycles. The zero-order valence-corrected chi connectivity index (χ0v) is 25.9. The van der Waals surface area contributed by atoms with Crippen LogP contribution in [0.2, 0.25) is 0 Å². The van der Waals surface area contributed by atoms with E-state index in [0.717, 1.165) is 29.2 Å². The number of carbonyl (C=O) groups is 1. The fraction of sp³-hybridized carbons (Fsp3) is 0.500. The Bertz CT molecular complexity index is 1330. The number of carbonyl (C=O) groups excluding carboxylic acids is 1. The van der Waals surface area contributed by atoms with E-state index in [2.05, 4.69) is 38.2 Å². The maximum atomic E-state index is 13.7. The molecule has 2 N–H and O–H groups in total. The average molecular weight is 596 g/mol. The van der Waals surface area contributed by atoms with Crippen LogP contribution in [-0.2, 0) is 25.1 Å². The van der Waals surface area contributed by atoms with E-state index in [1.54, 1.807) is 0 Å². The van der Waals surface area contributed by atoms with Crippen molar-refractivity contribution in [2.45, 2.75) is 83.2 Å². The van der Waals surface area contributed by atoms with Gasteiger partial charge in [-0.15, -0.1) is 0 Å². The maximum absolute atomic E-state index is 13.7. The van der Waals surface area contributed by atoms with Gasteiger partial charge < -0.3 is 14.8 Å². The molecule has 0 heterocycles. The molecular weight excluding hydrogens is 550 g/mol. The van der Waals surface area contributed by atoms with Crippen molar-refractivity contribution in [2.24, 2.45) is 5.92 Å². The smallest absolute Gasteiger partial charge is 0.267 e. The third kappa shape index (κ3) is 10.1. The molecule has 2 atom stereocenters. The quantitative estimate of drug-likeness (QED) is 0.251. The minimum absolute atomic E-state index is 0.0100. The lowest BCUT2D eigenvalue weighted by atomic mass is 9.84. The number of anilines is 1. The highest BCUT2D eigenvalue weighted by molar-refractivity contribution is 7.85. The van der Waals surface area contributed by atoms with E-state index in [0.29, 0.717) is 18.8 Å². The number of benzene rings is 2. The first kappa shape index (κ1) is 32.0. The summed E-state index contributed by atoms with van der Waals surface area (Å²) < 4.78 is 42.4. The Labute approximate surface area is 251 Å².